The zero-order valence-corrected chi connectivity index (χ0v) is 26.8. The second kappa shape index (κ2) is 13.8. The Morgan fingerprint density at radius 2 is 1.33 bits per heavy atom. The summed E-state index contributed by atoms with van der Waals surface area (Å²) in [5.41, 5.74) is 3.18. The van der Waals surface area contributed by atoms with Crippen LogP contribution in [0.1, 0.15) is 43.8 Å². The van der Waals surface area contributed by atoms with E-state index in [1.807, 2.05) is 31.2 Å². The number of amides is 2. The van der Waals surface area contributed by atoms with Crippen molar-refractivity contribution in [2.45, 2.75) is 36.5 Å². The Hall–Kier alpha value is -4.56. The molecule has 4 aromatic carbocycles. The van der Waals surface area contributed by atoms with E-state index in [9.17, 15) is 26.4 Å². The number of rotatable bonds is 14. The van der Waals surface area contributed by atoms with Gasteiger partial charge in [-0.05, 0) is 73.4 Å². The van der Waals surface area contributed by atoms with Crippen molar-refractivity contribution >= 4 is 32.0 Å². The second-order valence-electron chi connectivity index (χ2n) is 10.5. The van der Waals surface area contributed by atoms with Crippen LogP contribution in [0.15, 0.2) is 101 Å². The van der Waals surface area contributed by atoms with Gasteiger partial charge in [0.05, 0.1) is 24.3 Å². The zero-order chi connectivity index (χ0) is 32.9. The van der Waals surface area contributed by atoms with E-state index in [4.69, 9.17) is 13.8 Å². The zero-order valence-electron chi connectivity index (χ0n) is 25.1. The first-order valence-electron chi connectivity index (χ1n) is 14.4. The Kier molecular flexibility index (Phi) is 9.87. The van der Waals surface area contributed by atoms with Gasteiger partial charge in [0.15, 0.2) is 0 Å². The molecule has 0 unspecified atom stereocenters. The van der Waals surface area contributed by atoms with Crippen LogP contribution in [0.3, 0.4) is 0 Å². The number of benzene rings is 4. The summed E-state index contributed by atoms with van der Waals surface area (Å²) >= 11 is 0. The normalized spacial score (nSPS) is 13.1. The monoisotopic (exact) mass is 664 g/mol. The molecule has 0 saturated carbocycles. The van der Waals surface area contributed by atoms with E-state index in [-0.39, 0.29) is 36.6 Å². The van der Waals surface area contributed by atoms with Crippen molar-refractivity contribution in [2.75, 3.05) is 19.8 Å². The smallest absolute Gasteiger partial charge is 0.340 e. The van der Waals surface area contributed by atoms with Crippen molar-refractivity contribution in [3.05, 3.63) is 119 Å². The maximum absolute atomic E-state index is 13.4. The number of hydrogen-bond donors (Lipinski definition) is 1. The summed E-state index contributed by atoms with van der Waals surface area (Å²) in [6.45, 7) is 3.85. The van der Waals surface area contributed by atoms with Gasteiger partial charge >= 0.3 is 10.1 Å². The van der Waals surface area contributed by atoms with E-state index in [0.717, 1.165) is 16.2 Å². The SMILES string of the molecule is Cc1cc(OCCCON2C(=O)c3ccccc3C2=O)cc(OS(=O)(=O)c2ccccc2S(=O)(=O)NCCc2ccccc2C)c1. The molecule has 0 spiro atoms. The molecule has 0 saturated heterocycles. The molecule has 240 valence electrons. The fourth-order valence-corrected chi connectivity index (χ4v) is 7.62. The van der Waals surface area contributed by atoms with Crippen LogP contribution < -0.4 is 13.6 Å². The molecule has 0 aliphatic carbocycles. The molecule has 0 aromatic heterocycles. The average Bonchev–Trinajstić information content (AvgIpc) is 3.26. The van der Waals surface area contributed by atoms with E-state index >= 15 is 0 Å². The summed E-state index contributed by atoms with van der Waals surface area (Å²) in [6.07, 6.45) is 0.732. The number of nitrogens with zero attached hydrogens (tertiary/aromatic N) is 1. The Bertz CT molecular complexity index is 1960. The molecule has 11 nitrogen and oxygen atoms in total. The summed E-state index contributed by atoms with van der Waals surface area (Å²) in [5.74, 6) is -0.840. The van der Waals surface area contributed by atoms with Gasteiger partial charge in [0, 0.05) is 19.0 Å². The third-order valence-electron chi connectivity index (χ3n) is 7.12. The number of carbonyl (C=O) groups is 2. The predicted octanol–water partition coefficient (Wildman–Crippen LogP) is 4.59. The second-order valence-corrected chi connectivity index (χ2v) is 13.8. The molecule has 13 heteroatoms. The quantitative estimate of drug-likeness (QED) is 0.116. The molecule has 46 heavy (non-hydrogen) atoms. The molecule has 0 fully saturated rings. The van der Waals surface area contributed by atoms with Crippen LogP contribution in [-0.4, -0.2) is 53.5 Å². The van der Waals surface area contributed by atoms with Crippen LogP contribution in [0.4, 0.5) is 0 Å². The van der Waals surface area contributed by atoms with Crippen LogP contribution in [-0.2, 0) is 31.4 Å². The fourth-order valence-electron chi connectivity index (χ4n) is 4.87. The maximum atomic E-state index is 13.4. The van der Waals surface area contributed by atoms with Crippen molar-refractivity contribution in [3.8, 4) is 11.5 Å². The first-order valence-corrected chi connectivity index (χ1v) is 17.3. The number of fused-ring (bicyclic) bond motifs is 1. The van der Waals surface area contributed by atoms with Gasteiger partial charge in [0.1, 0.15) is 21.3 Å². The Labute approximate surface area is 267 Å². The highest BCUT2D eigenvalue weighted by atomic mass is 32.2. The lowest BCUT2D eigenvalue weighted by atomic mass is 10.1. The van der Waals surface area contributed by atoms with Gasteiger partial charge in [-0.25, -0.2) is 13.1 Å². The van der Waals surface area contributed by atoms with E-state index < -0.39 is 41.7 Å². The number of ether oxygens (including phenoxy) is 1. The van der Waals surface area contributed by atoms with Gasteiger partial charge < -0.3 is 8.92 Å². The molecule has 0 bridgehead atoms. The topological polar surface area (TPSA) is 145 Å². The van der Waals surface area contributed by atoms with Crippen LogP contribution >= 0.6 is 0 Å². The molecule has 1 N–H and O–H groups in total. The Morgan fingerprint density at radius 3 is 2.02 bits per heavy atom. The number of hydroxylamine groups is 2. The number of aryl methyl sites for hydroxylation is 2. The summed E-state index contributed by atoms with van der Waals surface area (Å²) in [5, 5.41) is 0.728. The van der Waals surface area contributed by atoms with Gasteiger partial charge in [-0.3, -0.25) is 14.4 Å². The average molecular weight is 665 g/mol. The number of nitrogens with one attached hydrogen (secondary N) is 1. The fraction of sp³-hybridized carbons (Fsp3) is 0.212. The molecule has 2 amide bonds. The third-order valence-corrected chi connectivity index (χ3v) is 10.1. The molecule has 1 heterocycles. The van der Waals surface area contributed by atoms with E-state index in [2.05, 4.69) is 4.72 Å². The highest BCUT2D eigenvalue weighted by molar-refractivity contribution is 7.91. The standard InChI is InChI=1S/C33H32N2O9S2/c1-23-20-26(42-18-9-19-43-35-32(36)28-12-5-6-13-29(28)33(35)37)22-27(21-23)44-46(40,41)31-15-8-7-14-30(31)45(38,39)34-17-16-25-11-4-3-10-24(25)2/h3-8,10-15,20-22,34H,9,16-19H2,1-2H3. The van der Waals surface area contributed by atoms with Crippen LogP contribution in [0, 0.1) is 13.8 Å². The van der Waals surface area contributed by atoms with E-state index in [1.54, 1.807) is 37.3 Å². The first kappa shape index (κ1) is 32.8. The molecule has 0 radical (unpaired) electrons. The van der Waals surface area contributed by atoms with E-state index in [1.165, 1.54) is 36.4 Å². The summed E-state index contributed by atoms with van der Waals surface area (Å²) in [6, 6.07) is 23.8. The largest absolute Gasteiger partial charge is 0.493 e. The minimum Gasteiger partial charge on any atom is -0.493 e. The molecule has 5 rings (SSSR count). The lowest BCUT2D eigenvalue weighted by molar-refractivity contribution is -0.0935. The minimum absolute atomic E-state index is 0.0132. The van der Waals surface area contributed by atoms with Crippen molar-refractivity contribution in [3.63, 3.8) is 0 Å². The molecular weight excluding hydrogens is 633 g/mol. The lowest BCUT2D eigenvalue weighted by Crippen LogP contribution is -2.30. The van der Waals surface area contributed by atoms with Crippen molar-refractivity contribution in [1.29, 1.82) is 0 Å². The molecule has 1 aliphatic heterocycles. The number of sulfonamides is 1. The molecule has 1 aliphatic rings. The third kappa shape index (κ3) is 7.45. The lowest BCUT2D eigenvalue weighted by Gasteiger charge is -2.15. The van der Waals surface area contributed by atoms with Crippen molar-refractivity contribution in [2.24, 2.45) is 0 Å². The van der Waals surface area contributed by atoms with Crippen LogP contribution in [0.25, 0.3) is 0 Å². The maximum Gasteiger partial charge on any atom is 0.340 e. The Balaban J connectivity index is 1.19. The van der Waals surface area contributed by atoms with Crippen molar-refractivity contribution in [1.82, 2.24) is 9.79 Å². The molecule has 4 aromatic rings. The van der Waals surface area contributed by atoms with Crippen molar-refractivity contribution < 1.29 is 40.2 Å². The highest BCUT2D eigenvalue weighted by Gasteiger charge is 2.36. The number of carbonyl (C=O) groups excluding carboxylic acids is 2. The predicted molar refractivity (Wildman–Crippen MR) is 169 cm³/mol. The van der Waals surface area contributed by atoms with Gasteiger partial charge in [-0.1, -0.05) is 48.5 Å². The van der Waals surface area contributed by atoms with Crippen LogP contribution in [0.5, 0.6) is 11.5 Å². The highest BCUT2D eigenvalue weighted by Crippen LogP contribution is 2.29. The molecular formula is C33H32N2O9S2. The minimum atomic E-state index is -4.58. The Morgan fingerprint density at radius 1 is 0.717 bits per heavy atom. The summed E-state index contributed by atoms with van der Waals surface area (Å²) in [4.78, 5) is 29.3. The first-order chi connectivity index (χ1) is 22.0. The van der Waals surface area contributed by atoms with Gasteiger partial charge in [-0.2, -0.15) is 8.42 Å². The summed E-state index contributed by atoms with van der Waals surface area (Å²) in [7, 11) is -8.78. The number of hydrogen-bond acceptors (Lipinski definition) is 9. The van der Waals surface area contributed by atoms with Gasteiger partial charge in [0.2, 0.25) is 10.0 Å². The van der Waals surface area contributed by atoms with E-state index in [0.29, 0.717) is 24.2 Å². The summed E-state index contributed by atoms with van der Waals surface area (Å²) < 4.78 is 66.7. The van der Waals surface area contributed by atoms with Gasteiger partial charge in [-0.15, -0.1) is 5.06 Å². The molecule has 0 atom stereocenters. The number of imide groups is 1. The van der Waals surface area contributed by atoms with Crippen LogP contribution in [0.2, 0.25) is 0 Å². The van der Waals surface area contributed by atoms with Gasteiger partial charge in [0.25, 0.3) is 11.8 Å².